The molecule has 152 valence electrons. The molecule has 2 N–H and O–H groups in total. The molecule has 2 fully saturated rings. The lowest BCUT2D eigenvalue weighted by Gasteiger charge is -2.23. The fourth-order valence-corrected chi connectivity index (χ4v) is 4.64. The summed E-state index contributed by atoms with van der Waals surface area (Å²) >= 11 is 0. The van der Waals surface area contributed by atoms with Crippen LogP contribution in [0.4, 0.5) is 5.69 Å². The fraction of sp³-hybridized carbons (Fsp3) is 0.391. The molecular formula is C23H26N2O4. The molecule has 1 saturated heterocycles. The Balaban J connectivity index is 1.27. The number of anilines is 1. The molecule has 2 aromatic rings. The fourth-order valence-electron chi connectivity index (χ4n) is 4.64. The number of hydrogen-bond acceptors (Lipinski definition) is 4. The Morgan fingerprint density at radius 2 is 1.90 bits per heavy atom. The van der Waals surface area contributed by atoms with Gasteiger partial charge in [0.25, 0.3) is 0 Å². The minimum absolute atomic E-state index is 0.122. The van der Waals surface area contributed by atoms with Crippen LogP contribution in [0.3, 0.4) is 0 Å². The van der Waals surface area contributed by atoms with Crippen molar-refractivity contribution in [1.29, 1.82) is 0 Å². The molecular weight excluding hydrogens is 368 g/mol. The molecule has 1 aliphatic heterocycles. The lowest BCUT2D eigenvalue weighted by molar-refractivity contribution is -0.149. The van der Waals surface area contributed by atoms with Crippen LogP contribution in [0.25, 0.3) is 0 Å². The molecule has 1 saturated carbocycles. The number of amides is 1. The monoisotopic (exact) mass is 394 g/mol. The molecule has 0 spiro atoms. The summed E-state index contributed by atoms with van der Waals surface area (Å²) in [5.41, 5.74) is 1.15. The number of carbonyl (C=O) groups is 2. The molecule has 0 unspecified atom stereocenters. The maximum Gasteiger partial charge on any atom is 0.311 e. The number of carboxylic acids is 1. The van der Waals surface area contributed by atoms with E-state index in [-0.39, 0.29) is 18.4 Å². The minimum Gasteiger partial charge on any atom is -0.489 e. The minimum atomic E-state index is -0.714. The van der Waals surface area contributed by atoms with E-state index in [0.717, 1.165) is 30.6 Å². The Kier molecular flexibility index (Phi) is 5.53. The summed E-state index contributed by atoms with van der Waals surface area (Å²) in [6, 6.07) is 17.2. The number of nitrogens with one attached hydrogen (secondary N) is 1. The third kappa shape index (κ3) is 4.27. The quantitative estimate of drug-likeness (QED) is 0.753. The number of fused-ring (bicyclic) bond motifs is 1. The van der Waals surface area contributed by atoms with Crippen LogP contribution >= 0.6 is 0 Å². The second-order valence-electron chi connectivity index (χ2n) is 8.07. The van der Waals surface area contributed by atoms with E-state index in [1.165, 1.54) is 0 Å². The van der Waals surface area contributed by atoms with Gasteiger partial charge >= 0.3 is 5.97 Å². The van der Waals surface area contributed by atoms with Crippen LogP contribution in [0.1, 0.15) is 24.8 Å². The molecule has 1 heterocycles. The number of likely N-dealkylation sites (tertiary alicyclic amines) is 1. The number of aliphatic carboxylic acids is 1. The summed E-state index contributed by atoms with van der Waals surface area (Å²) in [6.45, 7) is 1.87. The summed E-state index contributed by atoms with van der Waals surface area (Å²) in [6.07, 6.45) is 2.63. The molecule has 2 aromatic carbocycles. The van der Waals surface area contributed by atoms with Gasteiger partial charge in [0.2, 0.25) is 5.91 Å². The topological polar surface area (TPSA) is 78.9 Å². The molecule has 6 heteroatoms. The van der Waals surface area contributed by atoms with Crippen molar-refractivity contribution in [3.05, 3.63) is 60.2 Å². The Bertz CT molecular complexity index is 868. The normalized spacial score (nSPS) is 23.5. The van der Waals surface area contributed by atoms with Crippen molar-refractivity contribution in [2.24, 2.45) is 11.3 Å². The highest BCUT2D eigenvalue weighted by Gasteiger charge is 2.54. The standard InChI is InChI=1S/C23H26N2O4/c26-21(14-25-13-18-7-4-12-23(18,16-25)22(27)28)24-19-8-10-20(11-9-19)29-15-17-5-2-1-3-6-17/h1-3,5-6,8-11,18H,4,7,12-16H2,(H,24,26)(H,27,28)/t18-,23+/m0/s1. The third-order valence-electron chi connectivity index (χ3n) is 6.12. The zero-order chi connectivity index (χ0) is 20.3. The summed E-state index contributed by atoms with van der Waals surface area (Å²) in [4.78, 5) is 26.2. The maximum absolute atomic E-state index is 12.4. The Morgan fingerprint density at radius 3 is 2.59 bits per heavy atom. The third-order valence-corrected chi connectivity index (χ3v) is 6.12. The van der Waals surface area contributed by atoms with Gasteiger partial charge in [-0.15, -0.1) is 0 Å². The number of benzene rings is 2. The molecule has 2 aliphatic rings. The summed E-state index contributed by atoms with van der Waals surface area (Å²) in [5, 5.41) is 12.6. The van der Waals surface area contributed by atoms with Gasteiger partial charge in [0.1, 0.15) is 12.4 Å². The van der Waals surface area contributed by atoms with E-state index >= 15 is 0 Å². The number of carbonyl (C=O) groups excluding carboxylic acids is 1. The van der Waals surface area contributed by atoms with Crippen molar-refractivity contribution in [3.63, 3.8) is 0 Å². The summed E-state index contributed by atoms with van der Waals surface area (Å²) < 4.78 is 5.76. The van der Waals surface area contributed by atoms with Gasteiger partial charge in [-0.3, -0.25) is 14.5 Å². The molecule has 0 bridgehead atoms. The first kappa shape index (κ1) is 19.5. The van der Waals surface area contributed by atoms with E-state index in [2.05, 4.69) is 5.32 Å². The first-order valence-corrected chi connectivity index (χ1v) is 10.1. The zero-order valence-corrected chi connectivity index (χ0v) is 16.3. The Hall–Kier alpha value is -2.86. The number of rotatable bonds is 7. The smallest absolute Gasteiger partial charge is 0.311 e. The SMILES string of the molecule is O=C(CN1C[C@@H]2CCC[C@@]2(C(=O)O)C1)Nc1ccc(OCc2ccccc2)cc1. The van der Waals surface area contributed by atoms with E-state index < -0.39 is 11.4 Å². The average molecular weight is 394 g/mol. The van der Waals surface area contributed by atoms with Gasteiger partial charge in [-0.2, -0.15) is 0 Å². The van der Waals surface area contributed by atoms with Gasteiger partial charge in [-0.25, -0.2) is 0 Å². The van der Waals surface area contributed by atoms with Crippen LogP contribution < -0.4 is 10.1 Å². The number of nitrogens with zero attached hydrogens (tertiary/aromatic N) is 1. The van der Waals surface area contributed by atoms with Crippen LogP contribution in [-0.2, 0) is 16.2 Å². The van der Waals surface area contributed by atoms with Gasteiger partial charge in [-0.05, 0) is 48.6 Å². The highest BCUT2D eigenvalue weighted by atomic mass is 16.5. The lowest BCUT2D eigenvalue weighted by Crippen LogP contribution is -2.37. The highest BCUT2D eigenvalue weighted by Crippen LogP contribution is 2.48. The molecule has 0 aromatic heterocycles. The predicted molar refractivity (Wildman–Crippen MR) is 110 cm³/mol. The first-order valence-electron chi connectivity index (χ1n) is 10.1. The van der Waals surface area contributed by atoms with Gasteiger partial charge < -0.3 is 15.2 Å². The van der Waals surface area contributed by atoms with E-state index in [9.17, 15) is 14.7 Å². The van der Waals surface area contributed by atoms with E-state index in [1.807, 2.05) is 59.5 Å². The summed E-state index contributed by atoms with van der Waals surface area (Å²) in [5.74, 6) is 0.0638. The molecule has 1 amide bonds. The van der Waals surface area contributed by atoms with Crippen molar-refractivity contribution in [2.75, 3.05) is 25.0 Å². The maximum atomic E-state index is 12.4. The Labute approximate surface area is 170 Å². The summed E-state index contributed by atoms with van der Waals surface area (Å²) in [7, 11) is 0. The van der Waals surface area contributed by atoms with Crippen LogP contribution in [0.15, 0.2) is 54.6 Å². The number of carboxylic acid groups (broad SMARTS) is 1. The van der Waals surface area contributed by atoms with Crippen LogP contribution in [-0.4, -0.2) is 41.5 Å². The largest absolute Gasteiger partial charge is 0.489 e. The van der Waals surface area contributed by atoms with Crippen LogP contribution in [0.5, 0.6) is 5.75 Å². The molecule has 4 rings (SSSR count). The number of hydrogen-bond donors (Lipinski definition) is 2. The predicted octanol–water partition coefficient (Wildman–Crippen LogP) is 3.39. The molecule has 1 aliphatic carbocycles. The molecule has 29 heavy (non-hydrogen) atoms. The van der Waals surface area contributed by atoms with Crippen molar-refractivity contribution in [1.82, 2.24) is 4.90 Å². The number of ether oxygens (including phenoxy) is 1. The Morgan fingerprint density at radius 1 is 1.14 bits per heavy atom. The molecule has 0 radical (unpaired) electrons. The van der Waals surface area contributed by atoms with Gasteiger partial charge in [-0.1, -0.05) is 36.8 Å². The molecule has 6 nitrogen and oxygen atoms in total. The van der Waals surface area contributed by atoms with Crippen LogP contribution in [0, 0.1) is 11.3 Å². The second kappa shape index (κ2) is 8.25. The van der Waals surface area contributed by atoms with Crippen molar-refractivity contribution in [2.45, 2.75) is 25.9 Å². The van der Waals surface area contributed by atoms with E-state index in [4.69, 9.17) is 4.74 Å². The average Bonchev–Trinajstić information content (AvgIpc) is 3.26. The van der Waals surface area contributed by atoms with Gasteiger partial charge in [0.15, 0.2) is 0 Å². The van der Waals surface area contributed by atoms with E-state index in [0.29, 0.717) is 25.4 Å². The van der Waals surface area contributed by atoms with Crippen molar-refractivity contribution in [3.8, 4) is 5.75 Å². The molecule has 2 atom stereocenters. The second-order valence-corrected chi connectivity index (χ2v) is 8.07. The van der Waals surface area contributed by atoms with Crippen molar-refractivity contribution >= 4 is 17.6 Å². The first-order chi connectivity index (χ1) is 14.0. The van der Waals surface area contributed by atoms with E-state index in [1.54, 1.807) is 0 Å². The lowest BCUT2D eigenvalue weighted by atomic mass is 9.81. The van der Waals surface area contributed by atoms with Crippen LogP contribution in [0.2, 0.25) is 0 Å². The van der Waals surface area contributed by atoms with Crippen molar-refractivity contribution < 1.29 is 19.4 Å². The zero-order valence-electron chi connectivity index (χ0n) is 16.3. The highest BCUT2D eigenvalue weighted by molar-refractivity contribution is 5.92. The van der Waals surface area contributed by atoms with Gasteiger partial charge in [0.05, 0.1) is 12.0 Å². The van der Waals surface area contributed by atoms with Gasteiger partial charge in [0, 0.05) is 18.8 Å².